The fraction of sp³-hybridized carbons (Fsp3) is 0.462. The van der Waals surface area contributed by atoms with Crippen LogP contribution in [0.1, 0.15) is 12.8 Å². The van der Waals surface area contributed by atoms with Crippen LogP contribution in [0.2, 0.25) is 0 Å². The van der Waals surface area contributed by atoms with E-state index in [0.717, 1.165) is 6.42 Å². The van der Waals surface area contributed by atoms with Crippen molar-refractivity contribution in [3.05, 3.63) is 28.4 Å². The second-order valence-corrected chi connectivity index (χ2v) is 4.84. The Kier molecular flexibility index (Phi) is 4.87. The van der Waals surface area contributed by atoms with Gasteiger partial charge in [0.1, 0.15) is 6.04 Å². The Morgan fingerprint density at radius 3 is 3.00 bits per heavy atom. The lowest BCUT2D eigenvalue weighted by Gasteiger charge is -2.23. The van der Waals surface area contributed by atoms with E-state index >= 15 is 0 Å². The lowest BCUT2D eigenvalue weighted by molar-refractivity contribution is -0.384. The van der Waals surface area contributed by atoms with Gasteiger partial charge in [0, 0.05) is 25.9 Å². The van der Waals surface area contributed by atoms with Gasteiger partial charge < -0.3 is 15.5 Å². The zero-order valence-corrected chi connectivity index (χ0v) is 12.1. The number of likely N-dealkylation sites (N-methyl/N-ethyl adjacent to an activating group) is 1. The summed E-state index contributed by atoms with van der Waals surface area (Å²) in [6, 6.07) is 2.29. The first-order valence-electron chi connectivity index (χ1n) is 6.89. The number of carbonyl (C=O) groups excluding carboxylic acids is 2. The lowest BCUT2D eigenvalue weighted by atomic mass is 10.2. The summed E-state index contributed by atoms with van der Waals surface area (Å²) >= 11 is 0. The highest BCUT2D eigenvalue weighted by Crippen LogP contribution is 2.21. The van der Waals surface area contributed by atoms with Crippen molar-refractivity contribution in [3.8, 4) is 0 Å². The van der Waals surface area contributed by atoms with Crippen LogP contribution in [-0.4, -0.2) is 52.8 Å². The number of amides is 2. The van der Waals surface area contributed by atoms with Crippen molar-refractivity contribution in [1.29, 1.82) is 0 Å². The predicted molar refractivity (Wildman–Crippen MR) is 78.2 cm³/mol. The van der Waals surface area contributed by atoms with E-state index in [0.29, 0.717) is 13.0 Å². The molecule has 2 N–H and O–H groups in total. The molecule has 0 aromatic carbocycles. The normalized spacial score (nSPS) is 17.1. The van der Waals surface area contributed by atoms with Gasteiger partial charge in [-0.1, -0.05) is 0 Å². The van der Waals surface area contributed by atoms with Gasteiger partial charge in [0.25, 0.3) is 0 Å². The summed E-state index contributed by atoms with van der Waals surface area (Å²) in [5.41, 5.74) is -0.195. The molecule has 0 radical (unpaired) electrons. The van der Waals surface area contributed by atoms with Gasteiger partial charge in [-0.05, 0) is 18.9 Å². The molecule has 0 saturated carbocycles. The van der Waals surface area contributed by atoms with E-state index in [1.54, 1.807) is 0 Å². The number of hydrogen-bond donors (Lipinski definition) is 2. The predicted octanol–water partition coefficient (Wildman–Crippen LogP) is 0.139. The molecule has 1 atom stereocenters. The molecule has 1 fully saturated rings. The number of nitro groups is 1. The molecule has 2 rings (SSSR count). The maximum atomic E-state index is 12.2. The van der Waals surface area contributed by atoms with Crippen molar-refractivity contribution in [2.75, 3.05) is 25.5 Å². The minimum absolute atomic E-state index is 0.0385. The summed E-state index contributed by atoms with van der Waals surface area (Å²) in [6.07, 6.45) is 2.78. The highest BCUT2D eigenvalue weighted by atomic mass is 16.6. The topological polar surface area (TPSA) is 117 Å². The quantitative estimate of drug-likeness (QED) is 0.590. The van der Waals surface area contributed by atoms with Crippen LogP contribution in [0.25, 0.3) is 0 Å². The van der Waals surface area contributed by atoms with Crippen LogP contribution in [-0.2, 0) is 9.59 Å². The van der Waals surface area contributed by atoms with Gasteiger partial charge in [-0.3, -0.25) is 19.7 Å². The van der Waals surface area contributed by atoms with Crippen molar-refractivity contribution in [2.24, 2.45) is 0 Å². The zero-order chi connectivity index (χ0) is 16.1. The van der Waals surface area contributed by atoms with E-state index < -0.39 is 11.0 Å². The van der Waals surface area contributed by atoms with E-state index in [1.165, 1.54) is 30.3 Å². The number of nitrogens with one attached hydrogen (secondary N) is 2. The van der Waals surface area contributed by atoms with Crippen LogP contribution in [0.5, 0.6) is 0 Å². The van der Waals surface area contributed by atoms with Gasteiger partial charge in [0.15, 0.2) is 0 Å². The largest absolute Gasteiger partial charge is 0.357 e. The third kappa shape index (κ3) is 3.30. The second kappa shape index (κ2) is 6.83. The number of likely N-dealkylation sites (tertiary alicyclic amines) is 1. The zero-order valence-electron chi connectivity index (χ0n) is 12.1. The van der Waals surface area contributed by atoms with Gasteiger partial charge in [-0.2, -0.15) is 0 Å². The second-order valence-electron chi connectivity index (χ2n) is 4.84. The van der Waals surface area contributed by atoms with E-state index in [1.807, 2.05) is 0 Å². The Morgan fingerprint density at radius 1 is 1.55 bits per heavy atom. The van der Waals surface area contributed by atoms with Crippen LogP contribution in [0.3, 0.4) is 0 Å². The number of anilines is 1. The van der Waals surface area contributed by atoms with Gasteiger partial charge >= 0.3 is 5.69 Å². The molecule has 1 aliphatic rings. The van der Waals surface area contributed by atoms with Crippen LogP contribution < -0.4 is 10.6 Å². The van der Waals surface area contributed by atoms with E-state index in [-0.39, 0.29) is 29.9 Å². The highest BCUT2D eigenvalue weighted by molar-refractivity contribution is 5.89. The molecule has 1 aromatic heterocycles. The lowest BCUT2D eigenvalue weighted by Crippen LogP contribution is -2.46. The number of carbonyl (C=O) groups is 2. The van der Waals surface area contributed by atoms with Crippen molar-refractivity contribution in [2.45, 2.75) is 18.9 Å². The number of hydrogen-bond acceptors (Lipinski definition) is 6. The average molecular weight is 307 g/mol. The van der Waals surface area contributed by atoms with E-state index in [9.17, 15) is 19.7 Å². The van der Waals surface area contributed by atoms with E-state index in [4.69, 9.17) is 0 Å². The van der Waals surface area contributed by atoms with Crippen molar-refractivity contribution in [3.63, 3.8) is 0 Å². The molecule has 9 nitrogen and oxygen atoms in total. The first-order valence-corrected chi connectivity index (χ1v) is 6.89. The fourth-order valence-corrected chi connectivity index (χ4v) is 2.45. The summed E-state index contributed by atoms with van der Waals surface area (Å²) in [6.45, 7) is 0.355. The van der Waals surface area contributed by atoms with Crippen LogP contribution in [0, 0.1) is 10.1 Å². The maximum absolute atomic E-state index is 12.2. The molecule has 1 aliphatic heterocycles. The van der Waals surface area contributed by atoms with Crippen molar-refractivity contribution in [1.82, 2.24) is 15.2 Å². The van der Waals surface area contributed by atoms with Gasteiger partial charge in [0.2, 0.25) is 17.6 Å². The molecule has 2 amide bonds. The molecule has 0 spiro atoms. The molecule has 118 valence electrons. The summed E-state index contributed by atoms with van der Waals surface area (Å²) in [4.78, 5) is 39.6. The summed E-state index contributed by atoms with van der Waals surface area (Å²) < 4.78 is 0. The fourth-order valence-electron chi connectivity index (χ4n) is 2.45. The molecule has 2 heterocycles. The molecule has 1 saturated heterocycles. The first-order chi connectivity index (χ1) is 10.5. The molecule has 0 aliphatic carbocycles. The van der Waals surface area contributed by atoms with Gasteiger partial charge in [0.05, 0.1) is 11.5 Å². The summed E-state index contributed by atoms with van der Waals surface area (Å²) in [5.74, 6) is -0.447. The Bertz CT molecular complexity index is 592. The monoisotopic (exact) mass is 307 g/mol. The number of rotatable bonds is 5. The Labute approximate surface area is 126 Å². The molecular weight excluding hydrogens is 290 g/mol. The van der Waals surface area contributed by atoms with E-state index in [2.05, 4.69) is 15.6 Å². The molecule has 0 bridgehead atoms. The number of aromatic nitrogens is 1. The SMILES string of the molecule is CNC(=O)C1CCCN1C(=O)CNc1ncccc1[N+](=O)[O-]. The third-order valence-electron chi connectivity index (χ3n) is 3.51. The van der Waals surface area contributed by atoms with Crippen molar-refractivity contribution >= 4 is 23.3 Å². The molecule has 22 heavy (non-hydrogen) atoms. The molecule has 1 unspecified atom stereocenters. The smallest absolute Gasteiger partial charge is 0.311 e. The summed E-state index contributed by atoms with van der Waals surface area (Å²) in [5, 5.41) is 16.1. The van der Waals surface area contributed by atoms with Crippen LogP contribution >= 0.6 is 0 Å². The minimum atomic E-state index is -0.566. The van der Waals surface area contributed by atoms with Crippen LogP contribution in [0.15, 0.2) is 18.3 Å². The third-order valence-corrected chi connectivity index (χ3v) is 3.51. The average Bonchev–Trinajstić information content (AvgIpc) is 3.01. The van der Waals surface area contributed by atoms with Gasteiger partial charge in [-0.15, -0.1) is 0 Å². The standard InChI is InChI=1S/C13H17N5O4/c1-14-13(20)10-5-3-7-17(10)11(19)8-16-12-9(18(21)22)4-2-6-15-12/h2,4,6,10H,3,5,7-8H2,1H3,(H,14,20)(H,15,16). The van der Waals surface area contributed by atoms with Gasteiger partial charge in [-0.25, -0.2) is 4.98 Å². The molecule has 1 aromatic rings. The summed E-state index contributed by atoms with van der Waals surface area (Å²) in [7, 11) is 1.53. The molecular formula is C13H17N5O4. The first kappa shape index (κ1) is 15.7. The van der Waals surface area contributed by atoms with Crippen LogP contribution in [0.4, 0.5) is 11.5 Å². The Hall–Kier alpha value is -2.71. The minimum Gasteiger partial charge on any atom is -0.357 e. The number of nitrogens with zero attached hydrogens (tertiary/aromatic N) is 3. The highest BCUT2D eigenvalue weighted by Gasteiger charge is 2.33. The Balaban J connectivity index is 2.01. The maximum Gasteiger partial charge on any atom is 0.311 e. The number of pyridine rings is 1. The molecule has 9 heteroatoms. The Morgan fingerprint density at radius 2 is 2.32 bits per heavy atom. The van der Waals surface area contributed by atoms with Crippen molar-refractivity contribution < 1.29 is 14.5 Å².